The largest absolute Gasteiger partial charge is 0.423 e. The minimum Gasteiger partial charge on any atom is -0.423 e. The minimum atomic E-state index is 0.526. The van der Waals surface area contributed by atoms with E-state index in [0.29, 0.717) is 6.01 Å². The van der Waals surface area contributed by atoms with E-state index in [0.717, 1.165) is 16.8 Å². The molecule has 1 heterocycles. The fourth-order valence-corrected chi connectivity index (χ4v) is 2.34. The van der Waals surface area contributed by atoms with Crippen LogP contribution in [0, 0.1) is 0 Å². The molecule has 3 aromatic rings. The number of anilines is 2. The Morgan fingerprint density at radius 2 is 1.83 bits per heavy atom. The number of hydrogen-bond donors (Lipinski definition) is 1. The third-order valence-corrected chi connectivity index (χ3v) is 3.44. The van der Waals surface area contributed by atoms with Crippen LogP contribution >= 0.6 is 11.8 Å². The first-order valence-electron chi connectivity index (χ1n) is 5.62. The van der Waals surface area contributed by atoms with Crippen LogP contribution in [0.15, 0.2) is 57.8 Å². The number of thioether (sulfide) groups is 1. The van der Waals surface area contributed by atoms with E-state index >= 15 is 0 Å². The lowest BCUT2D eigenvalue weighted by atomic mass is 10.3. The van der Waals surface area contributed by atoms with Gasteiger partial charge in [0, 0.05) is 4.90 Å². The predicted molar refractivity (Wildman–Crippen MR) is 75.5 cm³/mol. The quantitative estimate of drug-likeness (QED) is 0.709. The summed E-state index contributed by atoms with van der Waals surface area (Å²) in [6.07, 6.45) is 2.05. The minimum absolute atomic E-state index is 0.526. The molecule has 0 fully saturated rings. The van der Waals surface area contributed by atoms with Gasteiger partial charge in [-0.15, -0.1) is 11.8 Å². The molecular weight excluding hydrogens is 244 g/mol. The maximum Gasteiger partial charge on any atom is 0.300 e. The molecule has 0 atom stereocenters. The molecule has 3 rings (SSSR count). The summed E-state index contributed by atoms with van der Waals surface area (Å²) < 4.78 is 5.64. The lowest BCUT2D eigenvalue weighted by Gasteiger charge is -2.06. The van der Waals surface area contributed by atoms with E-state index in [1.165, 1.54) is 4.90 Å². The second kappa shape index (κ2) is 4.74. The summed E-state index contributed by atoms with van der Waals surface area (Å²) >= 11 is 1.69. The number of aromatic nitrogens is 1. The maximum absolute atomic E-state index is 5.64. The molecule has 4 heteroatoms. The van der Waals surface area contributed by atoms with Crippen LogP contribution < -0.4 is 5.32 Å². The van der Waals surface area contributed by atoms with Crippen molar-refractivity contribution in [2.75, 3.05) is 11.6 Å². The van der Waals surface area contributed by atoms with E-state index in [1.807, 2.05) is 48.7 Å². The van der Waals surface area contributed by atoms with Gasteiger partial charge in [0.15, 0.2) is 5.58 Å². The van der Waals surface area contributed by atoms with Crippen LogP contribution in [0.3, 0.4) is 0 Å². The maximum atomic E-state index is 5.64. The molecule has 90 valence electrons. The molecule has 0 aliphatic carbocycles. The highest BCUT2D eigenvalue weighted by atomic mass is 32.2. The van der Waals surface area contributed by atoms with Crippen molar-refractivity contribution in [3.8, 4) is 0 Å². The van der Waals surface area contributed by atoms with Gasteiger partial charge in [0.1, 0.15) is 5.52 Å². The van der Waals surface area contributed by atoms with Crippen molar-refractivity contribution in [1.29, 1.82) is 0 Å². The molecule has 0 unspecified atom stereocenters. The average Bonchev–Trinajstić information content (AvgIpc) is 2.81. The van der Waals surface area contributed by atoms with Gasteiger partial charge in [0.2, 0.25) is 0 Å². The van der Waals surface area contributed by atoms with Crippen LogP contribution in [0.1, 0.15) is 0 Å². The predicted octanol–water partition coefficient (Wildman–Crippen LogP) is 4.29. The summed E-state index contributed by atoms with van der Waals surface area (Å²) in [5.41, 5.74) is 2.67. The van der Waals surface area contributed by atoms with E-state index in [2.05, 4.69) is 16.4 Å². The Hall–Kier alpha value is -1.94. The van der Waals surface area contributed by atoms with Gasteiger partial charge in [-0.3, -0.25) is 0 Å². The number of oxazole rings is 1. The zero-order chi connectivity index (χ0) is 12.4. The first kappa shape index (κ1) is 11.2. The van der Waals surface area contributed by atoms with Crippen LogP contribution in [0.5, 0.6) is 0 Å². The van der Waals surface area contributed by atoms with Crippen LogP contribution in [0.2, 0.25) is 0 Å². The van der Waals surface area contributed by atoms with E-state index in [4.69, 9.17) is 4.42 Å². The van der Waals surface area contributed by atoms with Crippen molar-refractivity contribution in [1.82, 2.24) is 4.98 Å². The van der Waals surface area contributed by atoms with Crippen molar-refractivity contribution in [3.05, 3.63) is 48.5 Å². The number of para-hydroxylation sites is 3. The molecule has 0 saturated carbocycles. The van der Waals surface area contributed by atoms with Gasteiger partial charge in [-0.2, -0.15) is 4.98 Å². The Bertz CT molecular complexity index is 645. The molecule has 0 bridgehead atoms. The van der Waals surface area contributed by atoms with Gasteiger partial charge in [-0.1, -0.05) is 24.3 Å². The van der Waals surface area contributed by atoms with Crippen molar-refractivity contribution < 1.29 is 4.42 Å². The molecule has 3 nitrogen and oxygen atoms in total. The molecule has 0 saturated heterocycles. The first-order valence-corrected chi connectivity index (χ1v) is 6.85. The number of nitrogens with one attached hydrogen (secondary N) is 1. The Labute approximate surface area is 109 Å². The van der Waals surface area contributed by atoms with Crippen molar-refractivity contribution in [3.63, 3.8) is 0 Å². The van der Waals surface area contributed by atoms with E-state index in [-0.39, 0.29) is 0 Å². The zero-order valence-corrected chi connectivity index (χ0v) is 10.7. The SMILES string of the molecule is CSc1ccccc1Nc1nc2ccccc2o1. The molecule has 0 radical (unpaired) electrons. The third kappa shape index (κ3) is 2.07. The van der Waals surface area contributed by atoms with E-state index in [9.17, 15) is 0 Å². The smallest absolute Gasteiger partial charge is 0.300 e. The average molecular weight is 256 g/mol. The van der Waals surface area contributed by atoms with Crippen molar-refractivity contribution in [2.45, 2.75) is 4.90 Å². The summed E-state index contributed by atoms with van der Waals surface area (Å²) in [4.78, 5) is 5.56. The summed E-state index contributed by atoms with van der Waals surface area (Å²) in [6.45, 7) is 0. The van der Waals surface area contributed by atoms with Crippen molar-refractivity contribution in [2.24, 2.45) is 0 Å². The van der Waals surface area contributed by atoms with Crippen LogP contribution in [0.25, 0.3) is 11.1 Å². The molecule has 1 aromatic heterocycles. The molecular formula is C14H12N2OS. The Kier molecular flexibility index (Phi) is 2.94. The molecule has 1 N–H and O–H groups in total. The fourth-order valence-electron chi connectivity index (χ4n) is 1.79. The summed E-state index contributed by atoms with van der Waals surface area (Å²) in [7, 11) is 0. The summed E-state index contributed by atoms with van der Waals surface area (Å²) in [5, 5.41) is 3.21. The highest BCUT2D eigenvalue weighted by Gasteiger charge is 2.07. The van der Waals surface area contributed by atoms with Crippen LogP contribution in [0.4, 0.5) is 11.7 Å². The highest BCUT2D eigenvalue weighted by Crippen LogP contribution is 2.28. The standard InChI is InChI=1S/C14H12N2OS/c1-18-13-9-5-3-7-11(13)16-14-15-10-6-2-4-8-12(10)17-14/h2-9H,1H3,(H,15,16). The van der Waals surface area contributed by atoms with Gasteiger partial charge in [0.25, 0.3) is 6.01 Å². The van der Waals surface area contributed by atoms with Crippen molar-refractivity contribution >= 4 is 34.6 Å². The molecule has 0 spiro atoms. The lowest BCUT2D eigenvalue weighted by Crippen LogP contribution is -1.91. The number of rotatable bonds is 3. The highest BCUT2D eigenvalue weighted by molar-refractivity contribution is 7.98. The third-order valence-electron chi connectivity index (χ3n) is 2.64. The summed E-state index contributed by atoms with van der Waals surface area (Å²) in [6, 6.07) is 16.3. The summed E-state index contributed by atoms with van der Waals surface area (Å²) in [5.74, 6) is 0. The van der Waals surface area contributed by atoms with Gasteiger partial charge >= 0.3 is 0 Å². The van der Waals surface area contributed by atoms with Crippen LogP contribution in [-0.2, 0) is 0 Å². The lowest BCUT2D eigenvalue weighted by molar-refractivity contribution is 0.623. The van der Waals surface area contributed by atoms with E-state index < -0.39 is 0 Å². The molecule has 0 aliphatic rings. The van der Waals surface area contributed by atoms with Gasteiger partial charge < -0.3 is 9.73 Å². The zero-order valence-electron chi connectivity index (χ0n) is 9.88. The second-order valence-electron chi connectivity index (χ2n) is 3.81. The molecule has 0 aliphatic heterocycles. The second-order valence-corrected chi connectivity index (χ2v) is 4.66. The molecule has 18 heavy (non-hydrogen) atoms. The number of nitrogens with zero attached hydrogens (tertiary/aromatic N) is 1. The number of benzene rings is 2. The monoisotopic (exact) mass is 256 g/mol. The fraction of sp³-hybridized carbons (Fsp3) is 0.0714. The topological polar surface area (TPSA) is 38.1 Å². The molecule has 2 aromatic carbocycles. The van der Waals surface area contributed by atoms with Gasteiger partial charge in [-0.25, -0.2) is 0 Å². The van der Waals surface area contributed by atoms with Gasteiger partial charge in [0.05, 0.1) is 5.69 Å². The Morgan fingerprint density at radius 1 is 1.06 bits per heavy atom. The number of hydrogen-bond acceptors (Lipinski definition) is 4. The first-order chi connectivity index (χ1) is 8.86. The normalized spacial score (nSPS) is 10.7. The Morgan fingerprint density at radius 3 is 2.67 bits per heavy atom. The molecule has 0 amide bonds. The Balaban J connectivity index is 1.96. The van der Waals surface area contributed by atoms with Crippen LogP contribution in [-0.4, -0.2) is 11.2 Å². The van der Waals surface area contributed by atoms with E-state index in [1.54, 1.807) is 11.8 Å². The van der Waals surface area contributed by atoms with Gasteiger partial charge in [-0.05, 0) is 30.5 Å². The number of fused-ring (bicyclic) bond motifs is 1.